The smallest absolute Gasteiger partial charge is 0.287 e. The number of halogens is 2. The molecule has 3 aromatic rings. The summed E-state index contributed by atoms with van der Waals surface area (Å²) < 4.78 is 5.15. The number of amides is 2. The third-order valence-electron chi connectivity index (χ3n) is 4.31. The van der Waals surface area contributed by atoms with Gasteiger partial charge in [-0.2, -0.15) is 5.10 Å². The van der Waals surface area contributed by atoms with Crippen LogP contribution in [-0.2, 0) is 4.79 Å². The van der Waals surface area contributed by atoms with Gasteiger partial charge < -0.3 is 10.1 Å². The Morgan fingerprint density at radius 2 is 1.66 bits per heavy atom. The SMILES string of the molecule is COc1ccc(/C=C(/NC(=O)c2ccccc2)C(=O)N/N=C\c2cccc(Cl)c2Cl)cc1. The predicted octanol–water partition coefficient (Wildman–Crippen LogP) is 4.92. The molecule has 0 unspecified atom stereocenters. The first kappa shape index (κ1) is 23.1. The zero-order valence-corrected chi connectivity index (χ0v) is 18.5. The third-order valence-corrected chi connectivity index (χ3v) is 5.14. The van der Waals surface area contributed by atoms with E-state index in [9.17, 15) is 9.59 Å². The number of methoxy groups -OCH3 is 1. The Balaban J connectivity index is 1.82. The van der Waals surface area contributed by atoms with Crippen molar-refractivity contribution in [2.45, 2.75) is 0 Å². The van der Waals surface area contributed by atoms with Crippen LogP contribution in [0.15, 0.2) is 83.6 Å². The monoisotopic (exact) mass is 467 g/mol. The molecule has 0 aliphatic rings. The summed E-state index contributed by atoms with van der Waals surface area (Å²) in [5, 5.41) is 7.26. The minimum absolute atomic E-state index is 0.0124. The van der Waals surface area contributed by atoms with Crippen molar-refractivity contribution in [2.75, 3.05) is 7.11 Å². The van der Waals surface area contributed by atoms with Crippen molar-refractivity contribution in [2.24, 2.45) is 5.10 Å². The van der Waals surface area contributed by atoms with Crippen LogP contribution < -0.4 is 15.5 Å². The van der Waals surface area contributed by atoms with Gasteiger partial charge in [0.15, 0.2) is 0 Å². The molecule has 0 saturated carbocycles. The Bertz CT molecular complexity index is 1160. The summed E-state index contributed by atoms with van der Waals surface area (Å²) in [6, 6.07) is 20.7. The number of rotatable bonds is 7. The van der Waals surface area contributed by atoms with Crippen LogP contribution in [0.5, 0.6) is 5.75 Å². The molecule has 32 heavy (non-hydrogen) atoms. The Hall–Kier alpha value is -3.61. The second-order valence-electron chi connectivity index (χ2n) is 6.49. The summed E-state index contributed by atoms with van der Waals surface area (Å²) in [6.07, 6.45) is 2.91. The lowest BCUT2D eigenvalue weighted by Gasteiger charge is -2.09. The molecule has 0 heterocycles. The van der Waals surface area contributed by atoms with Crippen LogP contribution in [0.25, 0.3) is 6.08 Å². The maximum absolute atomic E-state index is 12.8. The molecule has 0 spiro atoms. The molecular weight excluding hydrogens is 449 g/mol. The number of nitrogens with zero attached hydrogens (tertiary/aromatic N) is 1. The number of nitrogens with one attached hydrogen (secondary N) is 2. The zero-order valence-electron chi connectivity index (χ0n) is 17.0. The van der Waals surface area contributed by atoms with E-state index in [1.54, 1.807) is 79.9 Å². The van der Waals surface area contributed by atoms with Gasteiger partial charge in [0.1, 0.15) is 11.4 Å². The van der Waals surface area contributed by atoms with Gasteiger partial charge in [-0.05, 0) is 42.0 Å². The molecule has 0 aliphatic heterocycles. The van der Waals surface area contributed by atoms with Crippen LogP contribution in [0.1, 0.15) is 21.5 Å². The predicted molar refractivity (Wildman–Crippen MR) is 127 cm³/mol. The summed E-state index contributed by atoms with van der Waals surface area (Å²) in [5.41, 5.74) is 4.05. The van der Waals surface area contributed by atoms with Crippen molar-refractivity contribution >= 4 is 47.3 Å². The van der Waals surface area contributed by atoms with Gasteiger partial charge in [-0.1, -0.05) is 65.7 Å². The molecule has 0 bridgehead atoms. The molecule has 3 rings (SSSR count). The Kier molecular flexibility index (Phi) is 8.02. The average molecular weight is 468 g/mol. The number of hydrogen-bond acceptors (Lipinski definition) is 4. The number of hydrogen-bond donors (Lipinski definition) is 2. The molecule has 0 atom stereocenters. The summed E-state index contributed by atoms with van der Waals surface area (Å²) in [6.45, 7) is 0. The van der Waals surface area contributed by atoms with E-state index in [-0.39, 0.29) is 5.70 Å². The van der Waals surface area contributed by atoms with Crippen molar-refractivity contribution in [3.8, 4) is 5.75 Å². The van der Waals surface area contributed by atoms with Gasteiger partial charge in [-0.3, -0.25) is 9.59 Å². The van der Waals surface area contributed by atoms with Crippen LogP contribution in [-0.4, -0.2) is 25.1 Å². The lowest BCUT2D eigenvalue weighted by molar-refractivity contribution is -0.117. The van der Waals surface area contributed by atoms with Crippen molar-refractivity contribution in [3.63, 3.8) is 0 Å². The van der Waals surface area contributed by atoms with Gasteiger partial charge in [0.05, 0.1) is 23.4 Å². The van der Waals surface area contributed by atoms with Gasteiger partial charge in [0.2, 0.25) is 0 Å². The number of carbonyl (C=O) groups excluding carboxylic acids is 2. The minimum atomic E-state index is -0.612. The van der Waals surface area contributed by atoms with E-state index in [2.05, 4.69) is 15.8 Å². The van der Waals surface area contributed by atoms with Gasteiger partial charge in [0.25, 0.3) is 11.8 Å². The molecule has 0 aliphatic carbocycles. The number of hydrazone groups is 1. The van der Waals surface area contributed by atoms with Crippen molar-refractivity contribution in [3.05, 3.63) is 105 Å². The molecule has 2 N–H and O–H groups in total. The van der Waals surface area contributed by atoms with E-state index in [1.165, 1.54) is 12.3 Å². The molecule has 162 valence electrons. The van der Waals surface area contributed by atoms with Gasteiger partial charge >= 0.3 is 0 Å². The van der Waals surface area contributed by atoms with Crippen molar-refractivity contribution in [1.29, 1.82) is 0 Å². The van der Waals surface area contributed by atoms with Crippen molar-refractivity contribution in [1.82, 2.24) is 10.7 Å². The topological polar surface area (TPSA) is 79.8 Å². The molecule has 3 aromatic carbocycles. The van der Waals surface area contributed by atoms with Gasteiger partial charge in [0, 0.05) is 11.1 Å². The average Bonchev–Trinajstić information content (AvgIpc) is 2.82. The van der Waals surface area contributed by atoms with Gasteiger partial charge in [-0.25, -0.2) is 5.43 Å². The lowest BCUT2D eigenvalue weighted by atomic mass is 10.1. The third kappa shape index (κ3) is 6.20. The quantitative estimate of drug-likeness (QED) is 0.294. The summed E-state index contributed by atoms with van der Waals surface area (Å²) in [5.74, 6) is -0.369. The molecule has 0 radical (unpaired) electrons. The molecular formula is C24H19Cl2N3O3. The van der Waals surface area contributed by atoms with Crippen LogP contribution in [0.3, 0.4) is 0 Å². The standard InChI is InChI=1S/C24H19Cl2N3O3/c1-32-19-12-10-16(11-13-19)14-21(28-23(30)17-6-3-2-4-7-17)24(31)29-27-15-18-8-5-9-20(25)22(18)26/h2-15H,1H3,(H,28,30)(H,29,31)/b21-14+,27-15-. The van der Waals surface area contributed by atoms with Crippen LogP contribution in [0, 0.1) is 0 Å². The number of carbonyl (C=O) groups is 2. The van der Waals surface area contributed by atoms with E-state index in [0.717, 1.165) is 0 Å². The molecule has 8 heteroatoms. The lowest BCUT2D eigenvalue weighted by Crippen LogP contribution is -2.32. The van der Waals surface area contributed by atoms with Crippen LogP contribution in [0.4, 0.5) is 0 Å². The number of ether oxygens (including phenoxy) is 1. The van der Waals surface area contributed by atoms with Crippen LogP contribution in [0.2, 0.25) is 10.0 Å². The first-order valence-corrected chi connectivity index (χ1v) is 10.2. The first-order valence-electron chi connectivity index (χ1n) is 9.47. The highest BCUT2D eigenvalue weighted by molar-refractivity contribution is 6.43. The van der Waals surface area contributed by atoms with E-state index < -0.39 is 11.8 Å². The summed E-state index contributed by atoms with van der Waals surface area (Å²) in [4.78, 5) is 25.4. The Morgan fingerprint density at radius 3 is 2.34 bits per heavy atom. The van der Waals surface area contributed by atoms with Gasteiger partial charge in [-0.15, -0.1) is 0 Å². The Morgan fingerprint density at radius 1 is 0.938 bits per heavy atom. The zero-order chi connectivity index (χ0) is 22.9. The van der Waals surface area contributed by atoms with E-state index in [4.69, 9.17) is 27.9 Å². The molecule has 6 nitrogen and oxygen atoms in total. The molecule has 0 fully saturated rings. The fourth-order valence-corrected chi connectivity index (χ4v) is 3.01. The normalized spacial score (nSPS) is 11.3. The molecule has 0 aromatic heterocycles. The minimum Gasteiger partial charge on any atom is -0.497 e. The molecule has 2 amide bonds. The highest BCUT2D eigenvalue weighted by Crippen LogP contribution is 2.24. The van der Waals surface area contributed by atoms with Crippen LogP contribution >= 0.6 is 23.2 Å². The maximum atomic E-state index is 12.8. The second-order valence-corrected chi connectivity index (χ2v) is 7.28. The first-order chi connectivity index (χ1) is 15.5. The number of benzene rings is 3. The summed E-state index contributed by atoms with van der Waals surface area (Å²) in [7, 11) is 1.56. The van der Waals surface area contributed by atoms with E-state index in [0.29, 0.717) is 32.5 Å². The van der Waals surface area contributed by atoms with Crippen molar-refractivity contribution < 1.29 is 14.3 Å². The maximum Gasteiger partial charge on any atom is 0.287 e. The van der Waals surface area contributed by atoms with E-state index >= 15 is 0 Å². The highest BCUT2D eigenvalue weighted by atomic mass is 35.5. The van der Waals surface area contributed by atoms with E-state index in [1.807, 2.05) is 0 Å². The largest absolute Gasteiger partial charge is 0.497 e. The fraction of sp³-hybridized carbons (Fsp3) is 0.0417. The second kappa shape index (κ2) is 11.1. The highest BCUT2D eigenvalue weighted by Gasteiger charge is 2.14. The fourth-order valence-electron chi connectivity index (χ4n) is 2.65. The summed E-state index contributed by atoms with van der Waals surface area (Å²) >= 11 is 12.1. The molecule has 0 saturated heterocycles. The Labute approximate surface area is 195 Å².